The molecule has 0 aromatic heterocycles. The van der Waals surface area contributed by atoms with Crippen LogP contribution in [0.25, 0.3) is 0 Å². The Kier molecular flexibility index (Phi) is 1.86. The molecule has 0 N–H and O–H groups in total. The van der Waals surface area contributed by atoms with Crippen molar-refractivity contribution in [3.05, 3.63) is 0 Å². The third-order valence-corrected chi connectivity index (χ3v) is 1.50. The molecule has 1 unspecified atom stereocenters. The lowest BCUT2D eigenvalue weighted by Gasteiger charge is -1.97. The Morgan fingerprint density at radius 3 is 2.70 bits per heavy atom. The van der Waals surface area contributed by atoms with Gasteiger partial charge in [0.1, 0.15) is 4.86 Å². The van der Waals surface area contributed by atoms with Crippen LogP contribution in [0.3, 0.4) is 0 Å². The first-order chi connectivity index (χ1) is 4.72. The van der Waals surface area contributed by atoms with Crippen molar-refractivity contribution in [2.24, 2.45) is 15.4 Å². The molecule has 54 valence electrons. The molecular weight excluding hydrogens is 161 g/mol. The highest BCUT2D eigenvalue weighted by Gasteiger charge is 2.15. The first-order valence-corrected chi connectivity index (χ1v) is 3.32. The van der Waals surface area contributed by atoms with E-state index in [9.17, 15) is 12.8 Å². The van der Waals surface area contributed by atoms with Gasteiger partial charge in [-0.25, -0.2) is 4.39 Å². The molecule has 0 fully saturated rings. The minimum absolute atomic E-state index is 0.491. The maximum atomic E-state index is 12.3. The number of hydrogen-bond acceptors (Lipinski definition) is 5. The van der Waals surface area contributed by atoms with E-state index in [1.165, 1.54) is 0 Å². The smallest absolute Gasteiger partial charge is 0.213 e. The van der Waals surface area contributed by atoms with Gasteiger partial charge in [0, 0.05) is 0 Å². The molecule has 1 rings (SSSR count). The van der Waals surface area contributed by atoms with Gasteiger partial charge in [-0.3, -0.25) is 0 Å². The van der Waals surface area contributed by atoms with Gasteiger partial charge in [0.05, 0.1) is 6.21 Å². The maximum Gasteiger partial charge on any atom is 0.252 e. The molecule has 0 aromatic rings. The summed E-state index contributed by atoms with van der Waals surface area (Å²) < 4.78 is 32.5. The summed E-state index contributed by atoms with van der Waals surface area (Å²) in [5.41, 5.74) is 0. The zero-order chi connectivity index (χ0) is 7.56. The molecule has 0 bridgehead atoms. The fourth-order valence-electron chi connectivity index (χ4n) is 0.399. The van der Waals surface area contributed by atoms with Crippen LogP contribution in [0.15, 0.2) is 15.4 Å². The molecule has 0 saturated carbocycles. The summed E-state index contributed by atoms with van der Waals surface area (Å²) in [7, 11) is -2.59. The van der Waals surface area contributed by atoms with E-state index in [0.717, 1.165) is 6.21 Å². The molecule has 1 heterocycles. The van der Waals surface area contributed by atoms with E-state index >= 15 is 0 Å². The van der Waals surface area contributed by atoms with Crippen LogP contribution < -0.4 is 0 Å². The Bertz CT molecular complexity index is 309. The van der Waals surface area contributed by atoms with Crippen molar-refractivity contribution in [1.29, 1.82) is 0 Å². The number of hydrogen-bond donors (Lipinski definition) is 0. The fourth-order valence-corrected chi connectivity index (χ4v) is 0.738. The summed E-state index contributed by atoms with van der Waals surface area (Å²) in [6, 6.07) is 0. The van der Waals surface area contributed by atoms with Crippen molar-refractivity contribution in [2.75, 3.05) is 0 Å². The fraction of sp³-hybridized carbons (Fsp3) is 0.333. The van der Waals surface area contributed by atoms with Gasteiger partial charge in [-0.15, -0.1) is 10.2 Å². The lowest BCUT2D eigenvalue weighted by Crippen LogP contribution is -2.17. The average molecular weight is 163 g/mol. The van der Waals surface area contributed by atoms with Crippen molar-refractivity contribution in [3.63, 3.8) is 0 Å². The minimum Gasteiger partial charge on any atom is -0.213 e. The van der Waals surface area contributed by atoms with Crippen molar-refractivity contribution in [1.82, 2.24) is 0 Å². The van der Waals surface area contributed by atoms with Gasteiger partial charge >= 0.3 is 0 Å². The SMILES string of the molecule is O=S(=O)=C1C=NN=NC1F. The monoisotopic (exact) mass is 163 g/mol. The topological polar surface area (TPSA) is 71.2 Å². The molecule has 0 aliphatic carbocycles. The van der Waals surface area contributed by atoms with E-state index < -0.39 is 21.5 Å². The Morgan fingerprint density at radius 1 is 1.60 bits per heavy atom. The second kappa shape index (κ2) is 2.65. The van der Waals surface area contributed by atoms with E-state index in [4.69, 9.17) is 0 Å². The van der Waals surface area contributed by atoms with Crippen LogP contribution in [0.5, 0.6) is 0 Å². The molecular formula is C3H2FN3O2S. The standard InChI is InChI=1S/C3H2FN3O2S/c4-3-2(10(8)9)1-5-7-6-3/h1,3H. The minimum atomic E-state index is -2.59. The zero-order valence-electron chi connectivity index (χ0n) is 4.60. The normalized spacial score (nSPS) is 23.3. The van der Waals surface area contributed by atoms with E-state index in [1.807, 2.05) is 0 Å². The van der Waals surface area contributed by atoms with Gasteiger partial charge in [-0.1, -0.05) is 0 Å². The number of rotatable bonds is 0. The lowest BCUT2D eigenvalue weighted by atomic mass is 10.4. The Labute approximate surface area is 56.8 Å². The first kappa shape index (κ1) is 7.00. The van der Waals surface area contributed by atoms with Gasteiger partial charge in [0.2, 0.25) is 10.3 Å². The van der Waals surface area contributed by atoms with Crippen molar-refractivity contribution in [2.45, 2.75) is 6.30 Å². The first-order valence-electron chi connectivity index (χ1n) is 2.25. The molecule has 0 aromatic carbocycles. The van der Waals surface area contributed by atoms with Crippen molar-refractivity contribution in [3.8, 4) is 0 Å². The van der Waals surface area contributed by atoms with E-state index in [-0.39, 0.29) is 0 Å². The predicted octanol–water partition coefficient (Wildman–Crippen LogP) is -0.215. The Balaban J connectivity index is 3.15. The summed E-state index contributed by atoms with van der Waals surface area (Å²) in [4.78, 5) is -0.491. The average Bonchev–Trinajstić information content (AvgIpc) is 1.88. The molecule has 0 radical (unpaired) electrons. The zero-order valence-corrected chi connectivity index (χ0v) is 5.42. The molecule has 1 aliphatic rings. The van der Waals surface area contributed by atoms with Crippen LogP contribution >= 0.6 is 0 Å². The quantitative estimate of drug-likeness (QED) is 0.366. The van der Waals surface area contributed by atoms with Gasteiger partial charge in [0.15, 0.2) is 0 Å². The molecule has 5 nitrogen and oxygen atoms in total. The molecule has 1 aliphatic heterocycles. The highest BCUT2D eigenvalue weighted by molar-refractivity contribution is 7.74. The van der Waals surface area contributed by atoms with Crippen molar-refractivity contribution >= 4 is 21.4 Å². The molecule has 7 heteroatoms. The van der Waals surface area contributed by atoms with Crippen LogP contribution in [0.1, 0.15) is 0 Å². The van der Waals surface area contributed by atoms with Crippen LogP contribution in [0.4, 0.5) is 4.39 Å². The van der Waals surface area contributed by atoms with E-state index in [1.54, 1.807) is 0 Å². The number of nitrogens with zero attached hydrogens (tertiary/aromatic N) is 3. The molecule has 0 spiro atoms. The van der Waals surface area contributed by atoms with Gasteiger partial charge < -0.3 is 0 Å². The second-order valence-electron chi connectivity index (χ2n) is 1.42. The van der Waals surface area contributed by atoms with Gasteiger partial charge in [-0.05, 0) is 5.22 Å². The Hall–Kier alpha value is -1.11. The summed E-state index contributed by atoms with van der Waals surface area (Å²) in [5.74, 6) is 0. The van der Waals surface area contributed by atoms with Crippen LogP contribution in [0.2, 0.25) is 0 Å². The molecule has 1 atom stereocenters. The third-order valence-electron chi connectivity index (χ3n) is 0.817. The highest BCUT2D eigenvalue weighted by atomic mass is 32.2. The number of alkyl halides is 1. The van der Waals surface area contributed by atoms with Crippen LogP contribution in [-0.2, 0) is 10.3 Å². The summed E-state index contributed by atoms with van der Waals surface area (Å²) in [6.07, 6.45) is -1.07. The summed E-state index contributed by atoms with van der Waals surface area (Å²) in [5, 5.41) is 8.87. The highest BCUT2D eigenvalue weighted by Crippen LogP contribution is 2.00. The number of halogens is 1. The van der Waals surface area contributed by atoms with E-state index in [0.29, 0.717) is 0 Å². The van der Waals surface area contributed by atoms with Crippen LogP contribution in [0, 0.1) is 0 Å². The molecule has 0 saturated heterocycles. The van der Waals surface area contributed by atoms with Gasteiger partial charge in [-0.2, -0.15) is 8.42 Å². The third kappa shape index (κ3) is 1.24. The van der Waals surface area contributed by atoms with Gasteiger partial charge in [0.25, 0.3) is 6.30 Å². The van der Waals surface area contributed by atoms with Crippen molar-refractivity contribution < 1.29 is 12.8 Å². The second-order valence-corrected chi connectivity index (χ2v) is 2.36. The summed E-state index contributed by atoms with van der Waals surface area (Å²) in [6.45, 7) is 0. The lowest BCUT2D eigenvalue weighted by molar-refractivity contribution is 0.424. The molecule has 10 heavy (non-hydrogen) atoms. The Morgan fingerprint density at radius 2 is 2.30 bits per heavy atom. The molecule has 0 amide bonds. The van der Waals surface area contributed by atoms with Crippen LogP contribution in [-0.4, -0.2) is 25.8 Å². The largest absolute Gasteiger partial charge is 0.252 e. The predicted molar refractivity (Wildman–Crippen MR) is 32.2 cm³/mol. The summed E-state index contributed by atoms with van der Waals surface area (Å²) >= 11 is 0. The van der Waals surface area contributed by atoms with E-state index in [2.05, 4.69) is 15.4 Å². The maximum absolute atomic E-state index is 12.3.